The fraction of sp³-hybridized carbons (Fsp3) is 0.467. The predicted molar refractivity (Wildman–Crippen MR) is 81.3 cm³/mol. The zero-order valence-corrected chi connectivity index (χ0v) is 13.1. The Kier molecular flexibility index (Phi) is 4.17. The first-order chi connectivity index (χ1) is 9.72. The van der Waals surface area contributed by atoms with Gasteiger partial charge in [-0.15, -0.1) is 0 Å². The molecule has 0 saturated heterocycles. The predicted octanol–water partition coefficient (Wildman–Crippen LogP) is 3.84. The Hall–Kier alpha value is -1.20. The van der Waals surface area contributed by atoms with Gasteiger partial charge in [-0.3, -0.25) is 0 Å². The highest BCUT2D eigenvalue weighted by Gasteiger charge is 2.16. The van der Waals surface area contributed by atoms with E-state index in [1.165, 1.54) is 25.7 Å². The quantitative estimate of drug-likeness (QED) is 0.922. The molecule has 0 unspecified atom stereocenters. The second-order valence-corrected chi connectivity index (χ2v) is 6.25. The molecule has 106 valence electrons. The van der Waals surface area contributed by atoms with E-state index in [0.717, 1.165) is 15.6 Å². The molecule has 1 aromatic carbocycles. The van der Waals surface area contributed by atoms with E-state index in [-0.39, 0.29) is 0 Å². The number of rotatable bonds is 4. The second kappa shape index (κ2) is 6.06. The molecule has 1 aliphatic carbocycles. The van der Waals surface area contributed by atoms with Crippen LogP contribution in [0.2, 0.25) is 0 Å². The van der Waals surface area contributed by atoms with Crippen LogP contribution in [0.4, 0.5) is 0 Å². The molecular weight excluding hydrogens is 318 g/mol. The average molecular weight is 336 g/mol. The summed E-state index contributed by atoms with van der Waals surface area (Å²) in [4.78, 5) is 4.48. The van der Waals surface area contributed by atoms with Gasteiger partial charge in [0.25, 0.3) is 0 Å². The summed E-state index contributed by atoms with van der Waals surface area (Å²) < 4.78 is 6.39. The van der Waals surface area contributed by atoms with Gasteiger partial charge in [-0.25, -0.2) is 0 Å². The number of halogens is 1. The van der Waals surface area contributed by atoms with Crippen LogP contribution in [-0.2, 0) is 6.54 Å². The highest BCUT2D eigenvalue weighted by Crippen LogP contribution is 2.24. The highest BCUT2D eigenvalue weighted by atomic mass is 79.9. The minimum atomic E-state index is 0.611. The van der Waals surface area contributed by atoms with E-state index in [9.17, 15) is 0 Å². The zero-order valence-electron chi connectivity index (χ0n) is 11.5. The van der Waals surface area contributed by atoms with E-state index >= 15 is 0 Å². The molecule has 1 saturated carbocycles. The highest BCUT2D eigenvalue weighted by molar-refractivity contribution is 9.10. The summed E-state index contributed by atoms with van der Waals surface area (Å²) in [6, 6.07) is 6.68. The van der Waals surface area contributed by atoms with Crippen molar-refractivity contribution in [3.63, 3.8) is 0 Å². The number of aromatic nitrogens is 2. The number of hydrogen-bond donors (Lipinski definition) is 1. The lowest BCUT2D eigenvalue weighted by atomic mass is 10.1. The van der Waals surface area contributed by atoms with Gasteiger partial charge in [-0.05, 0) is 43.5 Å². The molecule has 5 heteroatoms. The van der Waals surface area contributed by atoms with Crippen LogP contribution in [0.3, 0.4) is 0 Å². The SMILES string of the molecule is Cc1cc(Br)ccc1-c1noc(CNC2CCCC2)n1. The van der Waals surface area contributed by atoms with Gasteiger partial charge in [0.2, 0.25) is 11.7 Å². The Morgan fingerprint density at radius 3 is 2.90 bits per heavy atom. The van der Waals surface area contributed by atoms with Gasteiger partial charge in [0.15, 0.2) is 0 Å². The monoisotopic (exact) mass is 335 g/mol. The van der Waals surface area contributed by atoms with Crippen LogP contribution in [0, 0.1) is 6.92 Å². The van der Waals surface area contributed by atoms with Gasteiger partial charge in [0.05, 0.1) is 6.54 Å². The number of hydrogen-bond acceptors (Lipinski definition) is 4. The topological polar surface area (TPSA) is 51.0 Å². The lowest BCUT2D eigenvalue weighted by Crippen LogP contribution is -2.25. The minimum Gasteiger partial charge on any atom is -0.338 e. The van der Waals surface area contributed by atoms with E-state index < -0.39 is 0 Å². The zero-order chi connectivity index (χ0) is 13.9. The van der Waals surface area contributed by atoms with Crippen molar-refractivity contribution in [1.29, 1.82) is 0 Å². The second-order valence-electron chi connectivity index (χ2n) is 5.33. The lowest BCUT2D eigenvalue weighted by Gasteiger charge is -2.08. The fourth-order valence-corrected chi connectivity index (χ4v) is 3.15. The van der Waals surface area contributed by atoms with Crippen molar-refractivity contribution in [2.24, 2.45) is 0 Å². The minimum absolute atomic E-state index is 0.611. The molecule has 1 heterocycles. The van der Waals surface area contributed by atoms with Crippen molar-refractivity contribution in [3.05, 3.63) is 34.1 Å². The molecule has 1 N–H and O–H groups in total. The van der Waals surface area contributed by atoms with Gasteiger partial charge in [0.1, 0.15) is 0 Å². The molecule has 0 amide bonds. The molecule has 0 radical (unpaired) electrons. The molecule has 1 aliphatic rings. The van der Waals surface area contributed by atoms with Crippen molar-refractivity contribution < 1.29 is 4.52 Å². The Labute approximate surface area is 127 Å². The largest absolute Gasteiger partial charge is 0.338 e. The Morgan fingerprint density at radius 2 is 2.15 bits per heavy atom. The van der Waals surface area contributed by atoms with E-state index in [0.29, 0.717) is 24.3 Å². The first kappa shape index (κ1) is 13.8. The summed E-state index contributed by atoms with van der Waals surface area (Å²) in [5, 5.41) is 7.56. The molecule has 1 aromatic heterocycles. The van der Waals surface area contributed by atoms with Crippen molar-refractivity contribution in [1.82, 2.24) is 15.5 Å². The average Bonchev–Trinajstić information content (AvgIpc) is 3.07. The van der Waals surface area contributed by atoms with Crippen LogP contribution < -0.4 is 5.32 Å². The standard InChI is InChI=1S/C15H18BrN3O/c1-10-8-11(16)6-7-13(10)15-18-14(20-19-15)9-17-12-4-2-3-5-12/h6-8,12,17H,2-5,9H2,1H3. The van der Waals surface area contributed by atoms with E-state index in [4.69, 9.17) is 4.52 Å². The van der Waals surface area contributed by atoms with Gasteiger partial charge >= 0.3 is 0 Å². The Morgan fingerprint density at radius 1 is 1.35 bits per heavy atom. The van der Waals surface area contributed by atoms with Gasteiger partial charge in [0, 0.05) is 16.1 Å². The molecular formula is C15H18BrN3O. The Bertz CT molecular complexity index is 591. The van der Waals surface area contributed by atoms with Crippen LogP contribution in [0.5, 0.6) is 0 Å². The first-order valence-corrected chi connectivity index (χ1v) is 7.84. The maximum Gasteiger partial charge on any atom is 0.240 e. The number of nitrogens with zero attached hydrogens (tertiary/aromatic N) is 2. The summed E-state index contributed by atoms with van der Waals surface area (Å²) in [7, 11) is 0. The summed E-state index contributed by atoms with van der Waals surface area (Å²) in [6.45, 7) is 2.71. The molecule has 4 nitrogen and oxygen atoms in total. The number of aryl methyl sites for hydroxylation is 1. The van der Waals surface area contributed by atoms with E-state index in [1.54, 1.807) is 0 Å². The first-order valence-electron chi connectivity index (χ1n) is 7.05. The summed E-state index contributed by atoms with van der Waals surface area (Å²) >= 11 is 3.46. The molecule has 0 spiro atoms. The van der Waals surface area contributed by atoms with Crippen molar-refractivity contribution >= 4 is 15.9 Å². The van der Waals surface area contributed by atoms with Crippen molar-refractivity contribution in [2.45, 2.75) is 45.2 Å². The van der Waals surface area contributed by atoms with Gasteiger partial charge in [-0.2, -0.15) is 4.98 Å². The summed E-state index contributed by atoms with van der Waals surface area (Å²) in [6.07, 6.45) is 5.16. The van der Waals surface area contributed by atoms with Crippen LogP contribution in [0.25, 0.3) is 11.4 Å². The fourth-order valence-electron chi connectivity index (χ4n) is 2.68. The van der Waals surface area contributed by atoms with Crippen LogP contribution in [0.15, 0.2) is 27.2 Å². The maximum absolute atomic E-state index is 5.33. The smallest absolute Gasteiger partial charge is 0.240 e. The Balaban J connectivity index is 1.69. The summed E-state index contributed by atoms with van der Waals surface area (Å²) in [5.74, 6) is 1.33. The van der Waals surface area contributed by atoms with Crippen LogP contribution >= 0.6 is 15.9 Å². The van der Waals surface area contributed by atoms with E-state index in [1.807, 2.05) is 19.1 Å². The third-order valence-electron chi connectivity index (χ3n) is 3.79. The van der Waals surface area contributed by atoms with Crippen LogP contribution in [-0.4, -0.2) is 16.2 Å². The molecule has 1 fully saturated rings. The van der Waals surface area contributed by atoms with Crippen LogP contribution in [0.1, 0.15) is 37.1 Å². The van der Waals surface area contributed by atoms with E-state index in [2.05, 4.69) is 37.5 Å². The molecule has 0 atom stereocenters. The van der Waals surface area contributed by atoms with Gasteiger partial charge < -0.3 is 9.84 Å². The molecule has 0 bridgehead atoms. The third-order valence-corrected chi connectivity index (χ3v) is 4.29. The number of benzene rings is 1. The lowest BCUT2D eigenvalue weighted by molar-refractivity contribution is 0.357. The molecule has 3 rings (SSSR count). The molecule has 20 heavy (non-hydrogen) atoms. The van der Waals surface area contributed by atoms with Gasteiger partial charge in [-0.1, -0.05) is 33.9 Å². The molecule has 2 aromatic rings. The molecule has 0 aliphatic heterocycles. The summed E-state index contributed by atoms with van der Waals surface area (Å²) in [5.41, 5.74) is 2.15. The number of nitrogens with one attached hydrogen (secondary N) is 1. The normalized spacial score (nSPS) is 15.9. The van der Waals surface area contributed by atoms with Crippen molar-refractivity contribution in [2.75, 3.05) is 0 Å². The third kappa shape index (κ3) is 3.10. The van der Waals surface area contributed by atoms with Crippen molar-refractivity contribution in [3.8, 4) is 11.4 Å². The maximum atomic E-state index is 5.33.